The number of hydrogen-bond donors (Lipinski definition) is 0. The van der Waals surface area contributed by atoms with Gasteiger partial charge in [0.15, 0.2) is 5.58 Å². The first kappa shape index (κ1) is 15.4. The SMILES string of the molecule is O=C1CC(CF)CN1C1CCN(c2nc3cc(F)ccc3o2)CC1. The van der Waals surface area contributed by atoms with Crippen molar-refractivity contribution >= 4 is 23.0 Å². The van der Waals surface area contributed by atoms with Gasteiger partial charge in [-0.15, -0.1) is 0 Å². The summed E-state index contributed by atoms with van der Waals surface area (Å²) in [7, 11) is 0. The normalized spacial score (nSPS) is 22.8. The van der Waals surface area contributed by atoms with Crippen molar-refractivity contribution < 1.29 is 18.0 Å². The lowest BCUT2D eigenvalue weighted by Crippen LogP contribution is -2.45. The maximum atomic E-state index is 13.3. The Kier molecular flexibility index (Phi) is 3.86. The van der Waals surface area contributed by atoms with E-state index in [-0.39, 0.29) is 23.7 Å². The van der Waals surface area contributed by atoms with Crippen molar-refractivity contribution in [2.45, 2.75) is 25.3 Å². The average Bonchev–Trinajstić information content (AvgIpc) is 3.18. The van der Waals surface area contributed by atoms with Crippen LogP contribution in [0.25, 0.3) is 11.1 Å². The van der Waals surface area contributed by atoms with Crippen LogP contribution in [0.5, 0.6) is 0 Å². The molecule has 2 aliphatic rings. The van der Waals surface area contributed by atoms with Crippen molar-refractivity contribution in [3.05, 3.63) is 24.0 Å². The largest absolute Gasteiger partial charge is 0.423 e. The fraction of sp³-hybridized carbons (Fsp3) is 0.529. The van der Waals surface area contributed by atoms with E-state index in [9.17, 15) is 13.6 Å². The van der Waals surface area contributed by atoms with Crippen molar-refractivity contribution in [2.24, 2.45) is 5.92 Å². The van der Waals surface area contributed by atoms with Crippen molar-refractivity contribution in [2.75, 3.05) is 31.2 Å². The Labute approximate surface area is 138 Å². The molecule has 1 aromatic carbocycles. The quantitative estimate of drug-likeness (QED) is 0.865. The van der Waals surface area contributed by atoms with Crippen molar-refractivity contribution in [3.8, 4) is 0 Å². The second-order valence-corrected chi connectivity index (χ2v) is 6.60. The van der Waals surface area contributed by atoms with Gasteiger partial charge >= 0.3 is 0 Å². The van der Waals surface area contributed by atoms with Crippen LogP contribution in [0, 0.1) is 11.7 Å². The molecule has 5 nitrogen and oxygen atoms in total. The lowest BCUT2D eigenvalue weighted by Gasteiger charge is -2.36. The number of benzene rings is 1. The Hall–Kier alpha value is -2.18. The highest BCUT2D eigenvalue weighted by Crippen LogP contribution is 2.29. The zero-order valence-electron chi connectivity index (χ0n) is 13.3. The lowest BCUT2D eigenvalue weighted by atomic mass is 10.0. The van der Waals surface area contributed by atoms with Crippen LogP contribution in [0.4, 0.5) is 14.8 Å². The fourth-order valence-corrected chi connectivity index (χ4v) is 3.66. The predicted octanol–water partition coefficient (Wildman–Crippen LogP) is 2.75. The molecule has 1 aromatic heterocycles. The maximum absolute atomic E-state index is 13.3. The number of amides is 1. The summed E-state index contributed by atoms with van der Waals surface area (Å²) in [6.45, 7) is 1.52. The van der Waals surface area contributed by atoms with E-state index in [2.05, 4.69) is 4.98 Å². The number of carbonyl (C=O) groups is 1. The number of oxazole rings is 1. The number of fused-ring (bicyclic) bond motifs is 1. The van der Waals surface area contributed by atoms with Crippen LogP contribution in [0.2, 0.25) is 0 Å². The van der Waals surface area contributed by atoms with Gasteiger partial charge in [0.05, 0.1) is 6.67 Å². The highest BCUT2D eigenvalue weighted by molar-refractivity contribution is 5.79. The van der Waals surface area contributed by atoms with E-state index in [1.165, 1.54) is 12.1 Å². The number of aromatic nitrogens is 1. The van der Waals surface area contributed by atoms with Crippen molar-refractivity contribution in [1.29, 1.82) is 0 Å². The van der Waals surface area contributed by atoms with Crippen LogP contribution >= 0.6 is 0 Å². The number of rotatable bonds is 3. The summed E-state index contributed by atoms with van der Waals surface area (Å²) >= 11 is 0. The zero-order valence-corrected chi connectivity index (χ0v) is 13.3. The second-order valence-electron chi connectivity index (χ2n) is 6.60. The Balaban J connectivity index is 1.43. The molecule has 0 aliphatic carbocycles. The number of carbonyl (C=O) groups excluding carboxylic acids is 1. The molecule has 0 N–H and O–H groups in total. The molecule has 24 heavy (non-hydrogen) atoms. The molecule has 2 fully saturated rings. The van der Waals surface area contributed by atoms with Crippen LogP contribution in [0.1, 0.15) is 19.3 Å². The molecule has 0 bridgehead atoms. The monoisotopic (exact) mass is 335 g/mol. The van der Waals surface area contributed by atoms with E-state index in [4.69, 9.17) is 4.42 Å². The minimum absolute atomic E-state index is 0.0634. The number of nitrogens with zero attached hydrogens (tertiary/aromatic N) is 3. The van der Waals surface area contributed by atoms with E-state index >= 15 is 0 Å². The van der Waals surface area contributed by atoms with Crippen LogP contribution in [-0.4, -0.2) is 48.1 Å². The minimum atomic E-state index is -0.430. The molecule has 2 saturated heterocycles. The molecule has 4 rings (SSSR count). The van der Waals surface area contributed by atoms with Gasteiger partial charge in [-0.1, -0.05) is 0 Å². The Bertz CT molecular complexity index is 755. The lowest BCUT2D eigenvalue weighted by molar-refractivity contribution is -0.130. The van der Waals surface area contributed by atoms with Crippen molar-refractivity contribution in [3.63, 3.8) is 0 Å². The summed E-state index contributed by atoms with van der Waals surface area (Å²) in [4.78, 5) is 20.2. The third-order valence-corrected chi connectivity index (χ3v) is 4.97. The Morgan fingerprint density at radius 2 is 2.08 bits per heavy atom. The smallest absolute Gasteiger partial charge is 0.298 e. The summed E-state index contributed by atoms with van der Waals surface area (Å²) in [6.07, 6.45) is 1.93. The van der Waals surface area contributed by atoms with Crippen molar-refractivity contribution in [1.82, 2.24) is 9.88 Å². The highest BCUT2D eigenvalue weighted by Gasteiger charge is 2.36. The number of alkyl halides is 1. The summed E-state index contributed by atoms with van der Waals surface area (Å²) < 4.78 is 31.7. The molecule has 2 aliphatic heterocycles. The van der Waals surface area contributed by atoms with Crippen LogP contribution in [0.3, 0.4) is 0 Å². The first-order valence-corrected chi connectivity index (χ1v) is 8.30. The second kappa shape index (κ2) is 6.03. The van der Waals surface area contributed by atoms with Gasteiger partial charge in [0.1, 0.15) is 11.3 Å². The van der Waals surface area contributed by atoms with E-state index < -0.39 is 6.67 Å². The van der Waals surface area contributed by atoms with Gasteiger partial charge in [-0.25, -0.2) is 4.39 Å². The first-order chi connectivity index (χ1) is 11.6. The fourth-order valence-electron chi connectivity index (χ4n) is 3.66. The number of hydrogen-bond acceptors (Lipinski definition) is 4. The zero-order chi connectivity index (χ0) is 16.7. The molecule has 128 valence electrons. The molecule has 7 heteroatoms. The number of anilines is 1. The molecule has 3 heterocycles. The van der Waals surface area contributed by atoms with Gasteiger partial charge in [-0.05, 0) is 25.0 Å². The topological polar surface area (TPSA) is 49.6 Å². The molecule has 1 unspecified atom stereocenters. The molecule has 2 aromatic rings. The first-order valence-electron chi connectivity index (χ1n) is 8.30. The molecular weight excluding hydrogens is 316 g/mol. The third-order valence-electron chi connectivity index (χ3n) is 4.97. The van der Waals surface area contributed by atoms with Gasteiger partial charge in [-0.2, -0.15) is 4.98 Å². The highest BCUT2D eigenvalue weighted by atomic mass is 19.1. The molecule has 0 spiro atoms. The van der Waals surface area contributed by atoms with E-state index in [1.54, 1.807) is 6.07 Å². The van der Waals surface area contributed by atoms with Crippen LogP contribution in [0.15, 0.2) is 22.6 Å². The van der Waals surface area contributed by atoms with E-state index in [0.717, 1.165) is 12.8 Å². The van der Waals surface area contributed by atoms with Gasteiger partial charge in [-0.3, -0.25) is 9.18 Å². The Morgan fingerprint density at radius 3 is 2.79 bits per heavy atom. The average molecular weight is 335 g/mol. The van der Waals surface area contributed by atoms with E-state index in [1.807, 2.05) is 9.80 Å². The van der Waals surface area contributed by atoms with E-state index in [0.29, 0.717) is 43.2 Å². The summed E-state index contributed by atoms with van der Waals surface area (Å²) in [5, 5.41) is 0. The van der Waals surface area contributed by atoms with Gasteiger partial charge in [0, 0.05) is 44.1 Å². The third kappa shape index (κ3) is 2.72. The summed E-state index contributed by atoms with van der Waals surface area (Å²) in [5.41, 5.74) is 1.07. The minimum Gasteiger partial charge on any atom is -0.423 e. The maximum Gasteiger partial charge on any atom is 0.298 e. The van der Waals surface area contributed by atoms with Gasteiger partial charge in [0.25, 0.3) is 6.01 Å². The van der Waals surface area contributed by atoms with Crippen LogP contribution < -0.4 is 4.90 Å². The Morgan fingerprint density at radius 1 is 1.29 bits per heavy atom. The number of likely N-dealkylation sites (tertiary alicyclic amines) is 1. The summed E-state index contributed by atoms with van der Waals surface area (Å²) in [5.74, 6) is -0.424. The van der Waals surface area contributed by atoms with Gasteiger partial charge in [0.2, 0.25) is 5.91 Å². The van der Waals surface area contributed by atoms with Crippen LogP contribution in [-0.2, 0) is 4.79 Å². The molecule has 0 radical (unpaired) electrons. The van der Waals surface area contributed by atoms with Gasteiger partial charge < -0.3 is 14.2 Å². The molecule has 0 saturated carbocycles. The number of halogens is 2. The summed E-state index contributed by atoms with van der Waals surface area (Å²) in [6, 6.07) is 4.93. The predicted molar refractivity (Wildman–Crippen MR) is 85.0 cm³/mol. The molecular formula is C17H19F2N3O2. The number of piperidine rings is 1. The molecule has 1 atom stereocenters. The standard InChI is InChI=1S/C17H19F2N3O2/c18-9-11-7-16(23)22(10-11)13-3-5-21(6-4-13)17-20-14-8-12(19)1-2-15(14)24-17/h1-2,8,11,13H,3-7,9-10H2. The molecule has 1 amide bonds.